The summed E-state index contributed by atoms with van der Waals surface area (Å²) in [6, 6.07) is 14.2. The van der Waals surface area contributed by atoms with Gasteiger partial charge in [0, 0.05) is 31.7 Å². The maximum atomic E-state index is 13.7. The number of piperazine rings is 1. The fourth-order valence-corrected chi connectivity index (χ4v) is 2.76. The molecule has 0 unspecified atom stereocenters. The van der Waals surface area contributed by atoms with Gasteiger partial charge in [0.05, 0.1) is 0 Å². The van der Waals surface area contributed by atoms with Crippen molar-refractivity contribution >= 4 is 11.8 Å². The van der Waals surface area contributed by atoms with E-state index in [9.17, 15) is 14.0 Å². The molecule has 1 aliphatic rings. The van der Waals surface area contributed by atoms with E-state index >= 15 is 0 Å². The molecular formula is C19H19FN2O2. The Labute approximate surface area is 140 Å². The average Bonchev–Trinajstić information content (AvgIpc) is 2.58. The highest BCUT2D eigenvalue weighted by atomic mass is 19.1. The quantitative estimate of drug-likeness (QED) is 0.810. The maximum Gasteiger partial charge on any atom is 0.312 e. The molecule has 5 heteroatoms. The summed E-state index contributed by atoms with van der Waals surface area (Å²) >= 11 is 0. The Kier molecular flexibility index (Phi) is 4.60. The molecule has 4 nitrogen and oxygen atoms in total. The number of rotatable bonds is 4. The van der Waals surface area contributed by atoms with Crippen LogP contribution in [-0.2, 0) is 22.7 Å². The van der Waals surface area contributed by atoms with Crippen molar-refractivity contribution in [3.05, 3.63) is 71.0 Å². The first-order valence-corrected chi connectivity index (χ1v) is 7.92. The molecule has 0 aliphatic carbocycles. The van der Waals surface area contributed by atoms with Crippen LogP contribution >= 0.6 is 0 Å². The molecule has 1 fully saturated rings. The molecule has 0 saturated carbocycles. The Hall–Kier alpha value is -2.69. The number of amides is 2. The summed E-state index contributed by atoms with van der Waals surface area (Å²) in [5.41, 5.74) is 2.56. The molecule has 0 radical (unpaired) electrons. The Morgan fingerprint density at radius 1 is 0.875 bits per heavy atom. The van der Waals surface area contributed by atoms with E-state index in [1.807, 2.05) is 31.2 Å². The number of aryl methyl sites for hydroxylation is 1. The van der Waals surface area contributed by atoms with Gasteiger partial charge in [-0.2, -0.15) is 0 Å². The van der Waals surface area contributed by atoms with E-state index in [1.165, 1.54) is 11.0 Å². The summed E-state index contributed by atoms with van der Waals surface area (Å²) in [5.74, 6) is -1.46. The number of hydrogen-bond donors (Lipinski definition) is 0. The van der Waals surface area contributed by atoms with Crippen LogP contribution in [0.1, 0.15) is 16.7 Å². The zero-order chi connectivity index (χ0) is 17.1. The van der Waals surface area contributed by atoms with Crippen molar-refractivity contribution in [3.63, 3.8) is 0 Å². The van der Waals surface area contributed by atoms with E-state index in [2.05, 4.69) is 0 Å². The topological polar surface area (TPSA) is 40.6 Å². The lowest BCUT2D eigenvalue weighted by atomic mass is 10.1. The van der Waals surface area contributed by atoms with Gasteiger partial charge in [0.1, 0.15) is 5.82 Å². The van der Waals surface area contributed by atoms with E-state index in [0.29, 0.717) is 25.2 Å². The van der Waals surface area contributed by atoms with Crippen LogP contribution in [0.15, 0.2) is 48.5 Å². The van der Waals surface area contributed by atoms with Gasteiger partial charge in [-0.15, -0.1) is 0 Å². The van der Waals surface area contributed by atoms with Crippen LogP contribution in [0, 0.1) is 12.7 Å². The van der Waals surface area contributed by atoms with Crippen LogP contribution in [0.25, 0.3) is 0 Å². The van der Waals surface area contributed by atoms with Gasteiger partial charge in [-0.1, -0.05) is 48.0 Å². The van der Waals surface area contributed by atoms with E-state index < -0.39 is 11.8 Å². The van der Waals surface area contributed by atoms with E-state index in [1.54, 1.807) is 23.1 Å². The summed E-state index contributed by atoms with van der Waals surface area (Å²) in [6.07, 6.45) is 0. The molecule has 1 heterocycles. The van der Waals surface area contributed by atoms with Crippen molar-refractivity contribution in [2.24, 2.45) is 0 Å². The largest absolute Gasteiger partial charge is 0.328 e. The highest BCUT2D eigenvalue weighted by Crippen LogP contribution is 2.15. The summed E-state index contributed by atoms with van der Waals surface area (Å²) in [4.78, 5) is 27.6. The normalized spacial score (nSPS) is 15.1. The van der Waals surface area contributed by atoms with Crippen LogP contribution in [0.2, 0.25) is 0 Å². The summed E-state index contributed by atoms with van der Waals surface area (Å²) in [7, 11) is 0. The third kappa shape index (κ3) is 3.45. The first kappa shape index (κ1) is 16.2. The lowest BCUT2D eigenvalue weighted by Gasteiger charge is -2.34. The number of carbonyl (C=O) groups excluding carboxylic acids is 2. The highest BCUT2D eigenvalue weighted by Gasteiger charge is 2.32. The predicted octanol–water partition coefficient (Wildman–Crippen LogP) is 2.51. The summed E-state index contributed by atoms with van der Waals surface area (Å²) in [5, 5.41) is 0. The summed E-state index contributed by atoms with van der Waals surface area (Å²) in [6.45, 7) is 3.39. The number of benzene rings is 2. The van der Waals surface area contributed by atoms with Crippen molar-refractivity contribution in [2.75, 3.05) is 13.1 Å². The second-order valence-electron chi connectivity index (χ2n) is 6.03. The summed E-state index contributed by atoms with van der Waals surface area (Å²) < 4.78 is 13.7. The SMILES string of the molecule is Cc1ccc(CN2CCN(Cc3ccccc3F)C(=O)C2=O)cc1. The number of nitrogens with zero attached hydrogens (tertiary/aromatic N) is 2. The van der Waals surface area contributed by atoms with Crippen molar-refractivity contribution in [2.45, 2.75) is 20.0 Å². The van der Waals surface area contributed by atoms with Crippen LogP contribution in [-0.4, -0.2) is 34.7 Å². The van der Waals surface area contributed by atoms with E-state index in [0.717, 1.165) is 11.1 Å². The smallest absolute Gasteiger partial charge is 0.312 e. The van der Waals surface area contributed by atoms with Crippen LogP contribution < -0.4 is 0 Å². The van der Waals surface area contributed by atoms with Crippen molar-refractivity contribution in [3.8, 4) is 0 Å². The fourth-order valence-electron chi connectivity index (χ4n) is 2.76. The van der Waals surface area contributed by atoms with Crippen molar-refractivity contribution in [1.82, 2.24) is 9.80 Å². The first-order valence-electron chi connectivity index (χ1n) is 7.92. The number of halogens is 1. The molecule has 0 aromatic heterocycles. The zero-order valence-corrected chi connectivity index (χ0v) is 13.5. The lowest BCUT2D eigenvalue weighted by Crippen LogP contribution is -2.53. The molecule has 1 aliphatic heterocycles. The molecule has 1 saturated heterocycles. The first-order chi connectivity index (χ1) is 11.5. The van der Waals surface area contributed by atoms with Gasteiger partial charge in [-0.25, -0.2) is 4.39 Å². The maximum absolute atomic E-state index is 13.7. The second kappa shape index (κ2) is 6.83. The molecule has 0 atom stereocenters. The third-order valence-electron chi connectivity index (χ3n) is 4.21. The molecule has 3 rings (SSSR count). The van der Waals surface area contributed by atoms with Gasteiger partial charge in [-0.05, 0) is 18.6 Å². The fraction of sp³-hybridized carbons (Fsp3) is 0.263. The van der Waals surface area contributed by atoms with Crippen molar-refractivity contribution in [1.29, 1.82) is 0 Å². The van der Waals surface area contributed by atoms with Crippen LogP contribution in [0.5, 0.6) is 0 Å². The minimum Gasteiger partial charge on any atom is -0.328 e. The molecule has 2 aromatic rings. The molecular weight excluding hydrogens is 307 g/mol. The van der Waals surface area contributed by atoms with E-state index in [4.69, 9.17) is 0 Å². The van der Waals surface area contributed by atoms with Gasteiger partial charge in [0.2, 0.25) is 0 Å². The second-order valence-corrected chi connectivity index (χ2v) is 6.03. The number of carbonyl (C=O) groups is 2. The number of hydrogen-bond acceptors (Lipinski definition) is 2. The molecule has 0 spiro atoms. The molecule has 0 N–H and O–H groups in total. The van der Waals surface area contributed by atoms with Gasteiger partial charge in [0.15, 0.2) is 0 Å². The molecule has 124 valence electrons. The minimum atomic E-state index is -0.573. The standard InChI is InChI=1S/C19H19FN2O2/c1-14-6-8-15(9-7-14)12-21-10-11-22(19(24)18(21)23)13-16-4-2-3-5-17(16)20/h2-9H,10-13H2,1H3. The monoisotopic (exact) mass is 326 g/mol. The van der Waals surface area contributed by atoms with Gasteiger partial charge < -0.3 is 9.80 Å². The Morgan fingerprint density at radius 3 is 2.08 bits per heavy atom. The molecule has 24 heavy (non-hydrogen) atoms. The molecule has 0 bridgehead atoms. The minimum absolute atomic E-state index is 0.121. The van der Waals surface area contributed by atoms with Crippen LogP contribution in [0.4, 0.5) is 4.39 Å². The van der Waals surface area contributed by atoms with Crippen molar-refractivity contribution < 1.29 is 14.0 Å². The van der Waals surface area contributed by atoms with E-state index in [-0.39, 0.29) is 12.4 Å². The molecule has 2 aromatic carbocycles. The highest BCUT2D eigenvalue weighted by molar-refractivity contribution is 6.35. The average molecular weight is 326 g/mol. The van der Waals surface area contributed by atoms with Gasteiger partial charge in [0.25, 0.3) is 0 Å². The zero-order valence-electron chi connectivity index (χ0n) is 13.5. The Bertz CT molecular complexity index is 758. The van der Waals surface area contributed by atoms with Crippen LogP contribution in [0.3, 0.4) is 0 Å². The Balaban J connectivity index is 1.66. The van der Waals surface area contributed by atoms with Gasteiger partial charge in [-0.3, -0.25) is 9.59 Å². The Morgan fingerprint density at radius 2 is 1.46 bits per heavy atom. The third-order valence-corrected chi connectivity index (χ3v) is 4.21. The van der Waals surface area contributed by atoms with Gasteiger partial charge >= 0.3 is 11.8 Å². The lowest BCUT2D eigenvalue weighted by molar-refractivity contribution is -0.156. The predicted molar refractivity (Wildman–Crippen MR) is 88.4 cm³/mol. The molecule has 2 amide bonds.